The molecule has 1 fully saturated rings. The van der Waals surface area contributed by atoms with E-state index in [1.807, 2.05) is 0 Å². The number of hydrogen-bond acceptors (Lipinski definition) is 3. The molecule has 1 aliphatic rings. The van der Waals surface area contributed by atoms with Crippen molar-refractivity contribution in [2.45, 2.75) is 65.7 Å². The van der Waals surface area contributed by atoms with Gasteiger partial charge in [-0.25, -0.2) is 0 Å². The van der Waals surface area contributed by atoms with Crippen molar-refractivity contribution in [3.8, 4) is 0 Å². The molecule has 3 heteroatoms. The molecule has 2 N–H and O–H groups in total. The number of nitrogens with two attached hydrogens (primary N) is 1. The highest BCUT2D eigenvalue weighted by Gasteiger charge is 2.42. The quantitative estimate of drug-likeness (QED) is 0.807. The van der Waals surface area contributed by atoms with Gasteiger partial charge < -0.3 is 10.5 Å². The third kappa shape index (κ3) is 3.94. The minimum absolute atomic E-state index is 0.0968. The van der Waals surface area contributed by atoms with Crippen molar-refractivity contribution in [3.05, 3.63) is 0 Å². The second-order valence-electron chi connectivity index (χ2n) is 7.64. The van der Waals surface area contributed by atoms with Gasteiger partial charge in [0, 0.05) is 25.7 Å². The van der Waals surface area contributed by atoms with Gasteiger partial charge in [0.2, 0.25) is 0 Å². The maximum absolute atomic E-state index is 6.12. The number of hydrogen-bond donors (Lipinski definition) is 1. The fraction of sp³-hybridized carbons (Fsp3) is 1.00. The zero-order chi connectivity index (χ0) is 13.5. The molecule has 0 bridgehead atoms. The van der Waals surface area contributed by atoms with Crippen molar-refractivity contribution in [2.24, 2.45) is 11.1 Å². The van der Waals surface area contributed by atoms with Crippen LogP contribution in [0.4, 0.5) is 0 Å². The average Bonchev–Trinajstić information content (AvgIpc) is 1.94. The first-order valence-electron chi connectivity index (χ1n) is 6.61. The first-order valence-corrected chi connectivity index (χ1v) is 6.61. The third-order valence-corrected chi connectivity index (χ3v) is 3.38. The van der Waals surface area contributed by atoms with Crippen LogP contribution in [0.5, 0.6) is 0 Å². The van der Waals surface area contributed by atoms with Crippen LogP contribution in [-0.4, -0.2) is 41.8 Å². The zero-order valence-corrected chi connectivity index (χ0v) is 12.6. The molecule has 0 amide bonds. The molecule has 1 heterocycles. The second kappa shape index (κ2) is 4.52. The van der Waals surface area contributed by atoms with Gasteiger partial charge in [-0.3, -0.25) is 4.90 Å². The largest absolute Gasteiger partial charge is 0.367 e. The topological polar surface area (TPSA) is 38.5 Å². The summed E-state index contributed by atoms with van der Waals surface area (Å²) in [5, 5.41) is 0. The molecule has 17 heavy (non-hydrogen) atoms. The lowest BCUT2D eigenvalue weighted by atomic mass is 9.83. The normalized spacial score (nSPS) is 26.8. The number of nitrogens with zero attached hydrogens (tertiary/aromatic N) is 1. The minimum Gasteiger partial charge on any atom is -0.367 e. The van der Waals surface area contributed by atoms with Gasteiger partial charge in [-0.05, 0) is 33.1 Å². The Labute approximate surface area is 107 Å². The third-order valence-electron chi connectivity index (χ3n) is 3.38. The van der Waals surface area contributed by atoms with Gasteiger partial charge >= 0.3 is 0 Å². The van der Waals surface area contributed by atoms with Crippen LogP contribution in [-0.2, 0) is 4.74 Å². The van der Waals surface area contributed by atoms with E-state index in [0.29, 0.717) is 12.6 Å². The van der Waals surface area contributed by atoms with Gasteiger partial charge in [-0.2, -0.15) is 0 Å². The van der Waals surface area contributed by atoms with Gasteiger partial charge in [0.1, 0.15) is 0 Å². The fourth-order valence-corrected chi connectivity index (χ4v) is 3.12. The van der Waals surface area contributed by atoms with E-state index in [0.717, 1.165) is 13.1 Å². The smallest absolute Gasteiger partial charge is 0.0760 e. The molecule has 0 aromatic heterocycles. The molecule has 0 spiro atoms. The van der Waals surface area contributed by atoms with Gasteiger partial charge in [-0.15, -0.1) is 0 Å². The van der Waals surface area contributed by atoms with Crippen molar-refractivity contribution in [1.82, 2.24) is 4.90 Å². The lowest BCUT2D eigenvalue weighted by Crippen LogP contribution is -2.63. The van der Waals surface area contributed by atoms with E-state index in [1.165, 1.54) is 0 Å². The van der Waals surface area contributed by atoms with Crippen LogP contribution in [0.25, 0.3) is 0 Å². The maximum atomic E-state index is 6.12. The molecule has 1 saturated heterocycles. The molecule has 0 aliphatic carbocycles. The summed E-state index contributed by atoms with van der Waals surface area (Å²) in [6.07, 6.45) is 0. The van der Waals surface area contributed by atoms with Gasteiger partial charge in [0.25, 0.3) is 0 Å². The van der Waals surface area contributed by atoms with E-state index in [9.17, 15) is 0 Å². The summed E-state index contributed by atoms with van der Waals surface area (Å²) >= 11 is 0. The van der Waals surface area contributed by atoms with E-state index in [2.05, 4.69) is 53.4 Å². The number of rotatable bonds is 2. The van der Waals surface area contributed by atoms with Crippen molar-refractivity contribution in [1.29, 1.82) is 0 Å². The molecule has 0 aromatic carbocycles. The van der Waals surface area contributed by atoms with E-state index in [4.69, 9.17) is 10.5 Å². The summed E-state index contributed by atoms with van der Waals surface area (Å²) in [6, 6.07) is 0.407. The highest BCUT2D eigenvalue weighted by atomic mass is 16.5. The Kier molecular flexibility index (Phi) is 3.98. The summed E-state index contributed by atoms with van der Waals surface area (Å²) in [5.41, 5.74) is 6.00. The van der Waals surface area contributed by atoms with Crippen LogP contribution in [0.15, 0.2) is 0 Å². The fourth-order valence-electron chi connectivity index (χ4n) is 3.12. The molecule has 1 unspecified atom stereocenters. The maximum Gasteiger partial charge on any atom is 0.0760 e. The lowest BCUT2D eigenvalue weighted by Gasteiger charge is -2.52. The van der Waals surface area contributed by atoms with Crippen molar-refractivity contribution in [3.63, 3.8) is 0 Å². The number of morpholine rings is 1. The van der Waals surface area contributed by atoms with Crippen LogP contribution < -0.4 is 5.73 Å². The Bertz CT molecular complexity index is 250. The Morgan fingerprint density at radius 3 is 1.82 bits per heavy atom. The highest BCUT2D eigenvalue weighted by molar-refractivity contribution is 4.95. The Hall–Kier alpha value is -0.120. The van der Waals surface area contributed by atoms with Crippen molar-refractivity contribution >= 4 is 0 Å². The second-order valence-corrected chi connectivity index (χ2v) is 7.64. The molecule has 0 aromatic rings. The lowest BCUT2D eigenvalue weighted by molar-refractivity contribution is -0.192. The van der Waals surface area contributed by atoms with Gasteiger partial charge in [-0.1, -0.05) is 20.8 Å². The predicted octanol–water partition coefficient (Wildman–Crippen LogP) is 2.25. The minimum atomic E-state index is -0.0968. The van der Waals surface area contributed by atoms with E-state index >= 15 is 0 Å². The molecule has 102 valence electrons. The van der Waals surface area contributed by atoms with E-state index < -0.39 is 0 Å². The molecule has 1 atom stereocenters. The molecular weight excluding hydrogens is 212 g/mol. The SMILES string of the molecule is CC1(C)CN(C(CN)C(C)(C)C)CC(C)(C)O1. The van der Waals surface area contributed by atoms with E-state index in [1.54, 1.807) is 0 Å². The Balaban J connectivity index is 2.90. The first-order chi connectivity index (χ1) is 7.47. The summed E-state index contributed by atoms with van der Waals surface area (Å²) in [7, 11) is 0. The van der Waals surface area contributed by atoms with Crippen LogP contribution in [0.3, 0.4) is 0 Å². The highest BCUT2D eigenvalue weighted by Crippen LogP contribution is 2.33. The average molecular weight is 242 g/mol. The van der Waals surface area contributed by atoms with Gasteiger partial charge in [0.05, 0.1) is 11.2 Å². The summed E-state index contributed by atoms with van der Waals surface area (Å²) < 4.78 is 6.12. The Morgan fingerprint density at radius 1 is 1.12 bits per heavy atom. The summed E-state index contributed by atoms with van der Waals surface area (Å²) in [5.74, 6) is 0. The summed E-state index contributed by atoms with van der Waals surface area (Å²) in [6.45, 7) is 18.1. The molecule has 0 saturated carbocycles. The van der Waals surface area contributed by atoms with Crippen LogP contribution in [0.1, 0.15) is 48.5 Å². The van der Waals surface area contributed by atoms with Gasteiger partial charge in [0.15, 0.2) is 0 Å². The van der Waals surface area contributed by atoms with Crippen molar-refractivity contribution in [2.75, 3.05) is 19.6 Å². The first kappa shape index (κ1) is 14.9. The van der Waals surface area contributed by atoms with Crippen LogP contribution in [0, 0.1) is 5.41 Å². The number of ether oxygens (including phenoxy) is 1. The molecule has 3 nitrogen and oxygen atoms in total. The van der Waals surface area contributed by atoms with E-state index in [-0.39, 0.29) is 16.6 Å². The molecule has 1 aliphatic heterocycles. The van der Waals surface area contributed by atoms with Crippen LogP contribution >= 0.6 is 0 Å². The standard InChI is InChI=1S/C14H30N2O/c1-12(2,3)11(8-15)16-9-13(4,5)17-14(6,7)10-16/h11H,8-10,15H2,1-7H3. The summed E-state index contributed by atoms with van der Waals surface area (Å²) in [4.78, 5) is 2.50. The molecular formula is C14H30N2O. The van der Waals surface area contributed by atoms with Crippen LogP contribution in [0.2, 0.25) is 0 Å². The molecule has 1 rings (SSSR count). The monoisotopic (exact) mass is 242 g/mol. The zero-order valence-electron chi connectivity index (χ0n) is 12.6. The predicted molar refractivity (Wildman–Crippen MR) is 73.1 cm³/mol. The Morgan fingerprint density at radius 2 is 1.53 bits per heavy atom. The molecule has 0 radical (unpaired) electrons. The van der Waals surface area contributed by atoms with Crippen molar-refractivity contribution < 1.29 is 4.74 Å².